The van der Waals surface area contributed by atoms with Crippen LogP contribution < -0.4 is 0 Å². The van der Waals surface area contributed by atoms with E-state index in [9.17, 15) is 5.11 Å². The van der Waals surface area contributed by atoms with Gasteiger partial charge in [0.1, 0.15) is 0 Å². The fourth-order valence-corrected chi connectivity index (χ4v) is 2.31. The average molecular weight is 334 g/mol. The summed E-state index contributed by atoms with van der Waals surface area (Å²) in [5.41, 5.74) is 0. The van der Waals surface area contributed by atoms with Gasteiger partial charge in [-0.1, -0.05) is 74.7 Å². The summed E-state index contributed by atoms with van der Waals surface area (Å²) in [6.07, 6.45) is 6.90. The predicted octanol–water partition coefficient (Wildman–Crippen LogP) is 5.51. The van der Waals surface area contributed by atoms with E-state index in [1.54, 1.807) is 0 Å². The topological polar surface area (TPSA) is 32.7 Å². The van der Waals surface area contributed by atoms with E-state index in [0.717, 1.165) is 45.3 Å². The Morgan fingerprint density at radius 3 is 1.78 bits per heavy atom. The predicted molar refractivity (Wildman–Crippen MR) is 105 cm³/mol. The fraction of sp³-hybridized carbons (Fsp3) is 1.00. The normalized spacial score (nSPS) is 11.6. The smallest absolute Gasteiger partial charge is 0.0900 e. The number of aliphatic hydroxyl groups excluding tert-OH is 1. The first-order valence-corrected chi connectivity index (χ1v) is 10.2. The number of aliphatic hydroxyl groups is 1. The minimum atomic E-state index is -0.354. The van der Waals surface area contributed by atoms with Crippen molar-refractivity contribution in [2.45, 2.75) is 106 Å². The van der Waals surface area contributed by atoms with E-state index >= 15 is 0 Å². The van der Waals surface area contributed by atoms with Gasteiger partial charge in [0.15, 0.2) is 0 Å². The summed E-state index contributed by atoms with van der Waals surface area (Å²) in [5.74, 6) is 0. The number of unbranched alkanes of at least 4 members (excludes halogenated alkanes) is 1. The lowest BCUT2D eigenvalue weighted by Crippen LogP contribution is -2.36. The first-order valence-electron chi connectivity index (χ1n) is 10.2. The molecule has 1 N–H and O–H groups in total. The van der Waals surface area contributed by atoms with Crippen LogP contribution >= 0.6 is 0 Å². The van der Waals surface area contributed by atoms with E-state index in [2.05, 4.69) is 32.6 Å². The Labute approximate surface area is 147 Å². The van der Waals surface area contributed by atoms with E-state index in [-0.39, 0.29) is 6.10 Å². The average Bonchev–Trinajstić information content (AvgIpc) is 2.60. The van der Waals surface area contributed by atoms with Crippen LogP contribution in [-0.2, 0) is 4.74 Å². The van der Waals surface area contributed by atoms with Crippen LogP contribution in [0.2, 0.25) is 0 Å². The molecule has 144 valence electrons. The number of ether oxygens (including phenoxy) is 1. The van der Waals surface area contributed by atoms with Crippen molar-refractivity contribution in [3.63, 3.8) is 0 Å². The van der Waals surface area contributed by atoms with Gasteiger partial charge in [-0.3, -0.25) is 0 Å². The van der Waals surface area contributed by atoms with Crippen molar-refractivity contribution < 1.29 is 9.84 Å². The van der Waals surface area contributed by atoms with E-state index in [4.69, 9.17) is 4.74 Å². The molecule has 0 spiro atoms. The zero-order valence-electron chi connectivity index (χ0n) is 17.5. The number of rotatable bonds is 13. The summed E-state index contributed by atoms with van der Waals surface area (Å²) in [6.45, 7) is 20.0. The first-order chi connectivity index (χ1) is 11.2. The van der Waals surface area contributed by atoms with Crippen LogP contribution in [-0.4, -0.2) is 48.5 Å². The zero-order valence-corrected chi connectivity index (χ0v) is 17.5. The van der Waals surface area contributed by atoms with Crippen LogP contribution in [0.1, 0.15) is 93.9 Å². The molecule has 0 aromatic carbocycles. The maximum absolute atomic E-state index is 10.1. The van der Waals surface area contributed by atoms with Crippen LogP contribution in [0.5, 0.6) is 0 Å². The number of nitrogens with zero attached hydrogens (tertiary/aromatic N) is 1. The largest absolute Gasteiger partial charge is 0.389 e. The number of hydrogen-bond acceptors (Lipinski definition) is 3. The molecule has 3 heteroatoms. The quantitative estimate of drug-likeness (QED) is 0.482. The van der Waals surface area contributed by atoms with Crippen LogP contribution in [0.4, 0.5) is 0 Å². The second-order valence-corrected chi connectivity index (χ2v) is 5.43. The zero-order chi connectivity index (χ0) is 18.5. The molecule has 0 fully saturated rings. The molecule has 0 aromatic rings. The highest BCUT2D eigenvalue weighted by atomic mass is 16.5. The van der Waals surface area contributed by atoms with Crippen LogP contribution in [0.25, 0.3) is 0 Å². The minimum absolute atomic E-state index is 0.329. The van der Waals surface area contributed by atoms with Crippen molar-refractivity contribution in [1.82, 2.24) is 4.90 Å². The van der Waals surface area contributed by atoms with Gasteiger partial charge in [-0.2, -0.15) is 0 Å². The maximum atomic E-state index is 10.1. The highest BCUT2D eigenvalue weighted by molar-refractivity contribution is 4.65. The number of likely N-dealkylation sites (N-methyl/N-ethyl adjacent to an activating group) is 1. The van der Waals surface area contributed by atoms with E-state index in [1.165, 1.54) is 12.8 Å². The van der Waals surface area contributed by atoms with Crippen LogP contribution in [0.3, 0.4) is 0 Å². The highest BCUT2D eigenvalue weighted by Crippen LogP contribution is 2.10. The Hall–Kier alpha value is -0.120. The molecule has 0 saturated carbocycles. The van der Waals surface area contributed by atoms with Crippen molar-refractivity contribution in [3.05, 3.63) is 0 Å². The van der Waals surface area contributed by atoms with Gasteiger partial charge in [0, 0.05) is 6.54 Å². The second kappa shape index (κ2) is 24.1. The minimum Gasteiger partial charge on any atom is -0.389 e. The molecule has 0 radical (unpaired) electrons. The monoisotopic (exact) mass is 333 g/mol. The van der Waals surface area contributed by atoms with Gasteiger partial charge >= 0.3 is 0 Å². The summed E-state index contributed by atoms with van der Waals surface area (Å²) in [7, 11) is 0. The highest BCUT2D eigenvalue weighted by Gasteiger charge is 2.13. The third-order valence-corrected chi connectivity index (χ3v) is 3.49. The summed E-state index contributed by atoms with van der Waals surface area (Å²) in [6, 6.07) is 0. The molecule has 0 aliphatic rings. The first kappa shape index (κ1) is 27.7. The Balaban J connectivity index is -0.000000919. The van der Waals surface area contributed by atoms with E-state index in [0.29, 0.717) is 12.7 Å². The molecular formula is C20H47NO2. The Bertz CT molecular complexity index is 182. The molecule has 23 heavy (non-hydrogen) atoms. The third-order valence-electron chi connectivity index (χ3n) is 3.49. The summed E-state index contributed by atoms with van der Waals surface area (Å²) in [4.78, 5) is 2.31. The molecular weight excluding hydrogens is 286 g/mol. The van der Waals surface area contributed by atoms with Gasteiger partial charge in [0.2, 0.25) is 0 Å². The van der Waals surface area contributed by atoms with Crippen LogP contribution in [0, 0.1) is 0 Å². The third kappa shape index (κ3) is 19.8. The van der Waals surface area contributed by atoms with Gasteiger partial charge < -0.3 is 14.7 Å². The van der Waals surface area contributed by atoms with Gasteiger partial charge in [0.25, 0.3) is 0 Å². The standard InChI is InChI=1S/C16H35NO2.2C2H6/c1-5-9-12-17(8-4)13-15(18)14-19-16(10-6-2)11-7-3;2*1-2/h15-16,18H,5-14H2,1-4H3;2*1-2H3. The van der Waals surface area contributed by atoms with E-state index < -0.39 is 0 Å². The molecule has 1 atom stereocenters. The van der Waals surface area contributed by atoms with Crippen LogP contribution in [0.15, 0.2) is 0 Å². The molecule has 0 aliphatic heterocycles. The molecule has 0 rings (SSSR count). The molecule has 1 unspecified atom stereocenters. The summed E-state index contributed by atoms with van der Waals surface area (Å²) >= 11 is 0. The molecule has 0 aromatic heterocycles. The lowest BCUT2D eigenvalue weighted by atomic mass is 10.1. The van der Waals surface area contributed by atoms with Crippen molar-refractivity contribution in [2.24, 2.45) is 0 Å². The summed E-state index contributed by atoms with van der Waals surface area (Å²) < 4.78 is 5.86. The lowest BCUT2D eigenvalue weighted by Gasteiger charge is -2.25. The molecule has 0 saturated heterocycles. The molecule has 0 bridgehead atoms. The molecule has 0 amide bonds. The number of hydrogen-bond donors (Lipinski definition) is 1. The van der Waals surface area contributed by atoms with Gasteiger partial charge in [-0.25, -0.2) is 0 Å². The van der Waals surface area contributed by atoms with Gasteiger partial charge in [-0.15, -0.1) is 0 Å². The molecule has 3 nitrogen and oxygen atoms in total. The van der Waals surface area contributed by atoms with Crippen molar-refractivity contribution >= 4 is 0 Å². The summed E-state index contributed by atoms with van der Waals surface area (Å²) in [5, 5.41) is 10.1. The SMILES string of the molecule is CC.CC.CCCCN(CC)CC(O)COC(CCC)CCC. The Kier molecular flexibility index (Phi) is 29.1. The van der Waals surface area contributed by atoms with Crippen molar-refractivity contribution in [3.8, 4) is 0 Å². The lowest BCUT2D eigenvalue weighted by molar-refractivity contribution is -0.0268. The molecule has 0 heterocycles. The van der Waals surface area contributed by atoms with Gasteiger partial charge in [-0.05, 0) is 32.4 Å². The molecule has 0 aliphatic carbocycles. The fourth-order valence-electron chi connectivity index (χ4n) is 2.31. The van der Waals surface area contributed by atoms with Gasteiger partial charge in [0.05, 0.1) is 18.8 Å². The second-order valence-electron chi connectivity index (χ2n) is 5.43. The van der Waals surface area contributed by atoms with E-state index in [1.807, 2.05) is 27.7 Å². The Morgan fingerprint density at radius 2 is 1.39 bits per heavy atom. The van der Waals surface area contributed by atoms with Crippen molar-refractivity contribution in [1.29, 1.82) is 0 Å². The van der Waals surface area contributed by atoms with Crippen molar-refractivity contribution in [2.75, 3.05) is 26.2 Å². The maximum Gasteiger partial charge on any atom is 0.0900 e. The Morgan fingerprint density at radius 1 is 0.870 bits per heavy atom.